The van der Waals surface area contributed by atoms with E-state index in [2.05, 4.69) is 14.9 Å². The van der Waals surface area contributed by atoms with Gasteiger partial charge in [-0.1, -0.05) is 0 Å². The fourth-order valence-corrected chi connectivity index (χ4v) is 4.39. The molecule has 1 saturated heterocycles. The van der Waals surface area contributed by atoms with Crippen molar-refractivity contribution in [2.45, 2.75) is 37.0 Å². The molecule has 8 nitrogen and oxygen atoms in total. The highest BCUT2D eigenvalue weighted by Gasteiger charge is 2.45. The van der Waals surface area contributed by atoms with Crippen LogP contribution in [0.4, 0.5) is 0 Å². The highest BCUT2D eigenvalue weighted by molar-refractivity contribution is 5.81. The molecule has 1 saturated carbocycles. The van der Waals surface area contributed by atoms with Crippen molar-refractivity contribution in [3.63, 3.8) is 0 Å². The van der Waals surface area contributed by atoms with Gasteiger partial charge in [-0.05, 0) is 42.7 Å². The minimum absolute atomic E-state index is 0.344. The Hall–Kier alpha value is -2.81. The molecule has 2 fully saturated rings. The van der Waals surface area contributed by atoms with Crippen molar-refractivity contribution in [1.29, 1.82) is 0 Å². The molecule has 1 unspecified atom stereocenters. The quantitative estimate of drug-likeness (QED) is 0.562. The van der Waals surface area contributed by atoms with Gasteiger partial charge in [0.1, 0.15) is 11.4 Å². The van der Waals surface area contributed by atoms with Gasteiger partial charge in [-0.3, -0.25) is 9.78 Å². The minimum Gasteiger partial charge on any atom is -0.380 e. The summed E-state index contributed by atoms with van der Waals surface area (Å²) in [4.78, 5) is 20.7. The largest absolute Gasteiger partial charge is 0.380 e. The van der Waals surface area contributed by atoms with Gasteiger partial charge >= 0.3 is 0 Å². The molecule has 1 atom stereocenters. The summed E-state index contributed by atoms with van der Waals surface area (Å²) in [6.07, 6.45) is 7.16. The Kier molecular flexibility index (Phi) is 5.00. The number of hydrogen-bond acceptors (Lipinski definition) is 6. The number of rotatable bonds is 8. The second-order valence-corrected chi connectivity index (χ2v) is 8.31. The molecular formula is C23H26N4O4. The molecule has 4 heterocycles. The van der Waals surface area contributed by atoms with Gasteiger partial charge in [-0.2, -0.15) is 0 Å². The number of methoxy groups -OCH3 is 2. The van der Waals surface area contributed by atoms with E-state index in [-0.39, 0.29) is 5.54 Å². The van der Waals surface area contributed by atoms with Gasteiger partial charge in [0.15, 0.2) is 0 Å². The van der Waals surface area contributed by atoms with Crippen molar-refractivity contribution in [3.8, 4) is 5.82 Å². The first kappa shape index (κ1) is 20.1. The maximum absolute atomic E-state index is 11.1. The summed E-state index contributed by atoms with van der Waals surface area (Å²) in [5.41, 5.74) is 2.82. The van der Waals surface area contributed by atoms with Crippen molar-refractivity contribution >= 4 is 17.3 Å². The van der Waals surface area contributed by atoms with Gasteiger partial charge in [-0.15, -0.1) is 0 Å². The minimum atomic E-state index is -0.555. The van der Waals surface area contributed by atoms with Gasteiger partial charge in [0.05, 0.1) is 35.7 Å². The summed E-state index contributed by atoms with van der Waals surface area (Å²) in [5, 5.41) is 3.95. The summed E-state index contributed by atoms with van der Waals surface area (Å²) < 4.78 is 19.0. The normalized spacial score (nSPS) is 22.0. The molecule has 3 aromatic rings. The van der Waals surface area contributed by atoms with E-state index in [9.17, 15) is 4.79 Å². The Labute approximate surface area is 180 Å². The third kappa shape index (κ3) is 3.40. The number of fused-ring (bicyclic) bond motifs is 1. The van der Waals surface area contributed by atoms with Crippen molar-refractivity contribution < 1.29 is 19.0 Å². The molecule has 2 aliphatic rings. The van der Waals surface area contributed by atoms with Crippen LogP contribution in [0.25, 0.3) is 16.7 Å². The Balaban J connectivity index is 1.63. The van der Waals surface area contributed by atoms with E-state index in [0.717, 1.165) is 59.3 Å². The molecular weight excluding hydrogens is 396 g/mol. The zero-order chi connectivity index (χ0) is 21.5. The molecule has 1 aliphatic carbocycles. The van der Waals surface area contributed by atoms with Crippen LogP contribution in [0.2, 0.25) is 0 Å². The zero-order valence-electron chi connectivity index (χ0n) is 17.8. The fourth-order valence-electron chi connectivity index (χ4n) is 4.39. The molecule has 0 spiro atoms. The highest BCUT2D eigenvalue weighted by Crippen LogP contribution is 2.45. The smallest absolute Gasteiger partial charge is 0.207 e. The van der Waals surface area contributed by atoms with Crippen molar-refractivity contribution in [2.24, 2.45) is 0 Å². The Bertz CT molecular complexity index is 1120. The van der Waals surface area contributed by atoms with Crippen LogP contribution in [-0.4, -0.2) is 48.4 Å². The molecule has 5 rings (SSSR count). The molecule has 1 amide bonds. The van der Waals surface area contributed by atoms with Crippen molar-refractivity contribution in [2.75, 3.05) is 27.4 Å². The highest BCUT2D eigenvalue weighted by atomic mass is 16.5. The van der Waals surface area contributed by atoms with E-state index in [1.807, 2.05) is 36.7 Å². The van der Waals surface area contributed by atoms with E-state index >= 15 is 0 Å². The maximum Gasteiger partial charge on any atom is 0.207 e. The summed E-state index contributed by atoms with van der Waals surface area (Å²) in [6, 6.07) is 8.14. The average molecular weight is 422 g/mol. The molecule has 1 N–H and O–H groups in total. The number of nitrogens with one attached hydrogen (secondary N) is 1. The summed E-state index contributed by atoms with van der Waals surface area (Å²) in [6.45, 7) is 1.60. The van der Waals surface area contributed by atoms with Gasteiger partial charge in [0.2, 0.25) is 6.41 Å². The molecule has 0 aromatic carbocycles. The number of hydrogen-bond donors (Lipinski definition) is 1. The van der Waals surface area contributed by atoms with Crippen LogP contribution < -0.4 is 5.32 Å². The number of amides is 1. The Morgan fingerprint density at radius 2 is 2.10 bits per heavy atom. The lowest BCUT2D eigenvalue weighted by molar-refractivity contribution is -0.110. The predicted octanol–water partition coefficient (Wildman–Crippen LogP) is 2.56. The lowest BCUT2D eigenvalue weighted by Gasteiger charge is -2.26. The van der Waals surface area contributed by atoms with Crippen LogP contribution in [0.15, 0.2) is 36.7 Å². The maximum atomic E-state index is 11.1. The van der Waals surface area contributed by atoms with Gasteiger partial charge in [-0.25, -0.2) is 4.98 Å². The number of pyridine rings is 2. The van der Waals surface area contributed by atoms with Crippen molar-refractivity contribution in [1.82, 2.24) is 19.9 Å². The van der Waals surface area contributed by atoms with Crippen LogP contribution in [0.1, 0.15) is 36.2 Å². The monoisotopic (exact) mass is 422 g/mol. The topological polar surface area (TPSA) is 87.5 Å². The number of carbonyl (C=O) groups excluding carboxylic acids is 1. The molecule has 3 aromatic heterocycles. The summed E-state index contributed by atoms with van der Waals surface area (Å²) >= 11 is 0. The number of aromatic nitrogens is 3. The van der Waals surface area contributed by atoms with E-state index in [1.54, 1.807) is 14.2 Å². The first-order valence-corrected chi connectivity index (χ1v) is 10.5. The number of carbonyl (C=O) groups is 1. The van der Waals surface area contributed by atoms with E-state index in [0.29, 0.717) is 19.8 Å². The average Bonchev–Trinajstić information content (AvgIpc) is 3.23. The SMILES string of the molecule is COCc1cc(-n2ccc3cnc(C4(NC=O)CC4)cc32)nc(C2(OC)CCOC2)c1. The van der Waals surface area contributed by atoms with E-state index < -0.39 is 5.60 Å². The van der Waals surface area contributed by atoms with Crippen LogP contribution in [0, 0.1) is 0 Å². The standard InChI is InChI=1S/C23H26N4O4/c1-29-13-16-9-20(23(30-2)6-8-31-14-23)26-21(10-16)27-7-3-17-12-24-19(11-18(17)27)22(4-5-22)25-15-28/h3,7,9-12,15H,4-6,8,13-14H2,1-2H3,(H,25,28). The predicted molar refractivity (Wildman–Crippen MR) is 114 cm³/mol. The second kappa shape index (κ2) is 7.71. The van der Waals surface area contributed by atoms with Crippen molar-refractivity contribution in [3.05, 3.63) is 53.6 Å². The summed E-state index contributed by atoms with van der Waals surface area (Å²) in [7, 11) is 3.39. The zero-order valence-corrected chi connectivity index (χ0v) is 17.8. The van der Waals surface area contributed by atoms with Gasteiger partial charge < -0.3 is 24.1 Å². The second-order valence-electron chi connectivity index (χ2n) is 8.31. The fraction of sp³-hybridized carbons (Fsp3) is 0.435. The van der Waals surface area contributed by atoms with Gasteiger partial charge in [0.25, 0.3) is 0 Å². The van der Waals surface area contributed by atoms with Crippen LogP contribution >= 0.6 is 0 Å². The Morgan fingerprint density at radius 1 is 1.23 bits per heavy atom. The first-order chi connectivity index (χ1) is 15.1. The van der Waals surface area contributed by atoms with Crippen LogP contribution in [-0.2, 0) is 36.8 Å². The molecule has 1 aliphatic heterocycles. The third-order valence-corrected chi connectivity index (χ3v) is 6.42. The van der Waals surface area contributed by atoms with Crippen LogP contribution in [0.3, 0.4) is 0 Å². The molecule has 31 heavy (non-hydrogen) atoms. The lowest BCUT2D eigenvalue weighted by Crippen LogP contribution is -2.30. The first-order valence-electron chi connectivity index (χ1n) is 10.5. The third-order valence-electron chi connectivity index (χ3n) is 6.42. The van der Waals surface area contributed by atoms with Gasteiger partial charge in [0, 0.05) is 45.0 Å². The Morgan fingerprint density at radius 3 is 2.77 bits per heavy atom. The van der Waals surface area contributed by atoms with E-state index in [4.69, 9.17) is 19.2 Å². The van der Waals surface area contributed by atoms with Crippen LogP contribution in [0.5, 0.6) is 0 Å². The molecule has 162 valence electrons. The molecule has 0 radical (unpaired) electrons. The summed E-state index contributed by atoms with van der Waals surface area (Å²) in [5.74, 6) is 0.785. The number of nitrogens with zero attached hydrogens (tertiary/aromatic N) is 3. The molecule has 0 bridgehead atoms. The lowest BCUT2D eigenvalue weighted by atomic mass is 9.96. The molecule has 8 heteroatoms. The number of ether oxygens (including phenoxy) is 3. The van der Waals surface area contributed by atoms with E-state index in [1.165, 1.54) is 0 Å².